The summed E-state index contributed by atoms with van der Waals surface area (Å²) in [6, 6.07) is 13.3. The molecule has 0 unspecified atom stereocenters. The molecular weight excluding hydrogens is 364 g/mol. The highest BCUT2D eigenvalue weighted by Gasteiger charge is 2.06. The number of hydrogen-bond donors (Lipinski definition) is 2. The lowest BCUT2D eigenvalue weighted by molar-refractivity contribution is 0.342. The highest BCUT2D eigenvalue weighted by Crippen LogP contribution is 2.28. The van der Waals surface area contributed by atoms with Crippen LogP contribution in [0.15, 0.2) is 46.9 Å². The molecule has 0 saturated carbocycles. The van der Waals surface area contributed by atoms with Crippen molar-refractivity contribution in [1.82, 2.24) is 0 Å². The number of rotatable bonds is 5. The lowest BCUT2D eigenvalue weighted by Crippen LogP contribution is -2.19. The van der Waals surface area contributed by atoms with Crippen molar-refractivity contribution in [1.29, 1.82) is 0 Å². The molecule has 2 N–H and O–H groups in total. The maximum absolute atomic E-state index is 5.59. The number of hydrogen-bond acceptors (Lipinski definition) is 3. The molecule has 22 heavy (non-hydrogen) atoms. The number of methoxy groups -OCH3 is 1. The zero-order valence-electron chi connectivity index (χ0n) is 12.4. The zero-order chi connectivity index (χ0) is 15.9. The van der Waals surface area contributed by atoms with Crippen LogP contribution >= 0.6 is 28.1 Å². The van der Waals surface area contributed by atoms with Gasteiger partial charge in [0.1, 0.15) is 11.5 Å². The molecule has 2 aromatic carbocycles. The molecule has 0 heterocycles. The molecule has 0 aliphatic carbocycles. The largest absolute Gasteiger partial charge is 0.497 e. The Morgan fingerprint density at radius 3 is 2.50 bits per heavy atom. The van der Waals surface area contributed by atoms with Crippen molar-refractivity contribution in [3.8, 4) is 11.5 Å². The van der Waals surface area contributed by atoms with Gasteiger partial charge in [-0.25, -0.2) is 0 Å². The average Bonchev–Trinajstić information content (AvgIpc) is 2.51. The molecule has 0 aliphatic heterocycles. The van der Waals surface area contributed by atoms with Gasteiger partial charge in [-0.3, -0.25) is 0 Å². The lowest BCUT2D eigenvalue weighted by Gasteiger charge is -2.15. The Morgan fingerprint density at radius 2 is 1.86 bits per heavy atom. The minimum atomic E-state index is 0.490. The van der Waals surface area contributed by atoms with E-state index in [9.17, 15) is 0 Å². The molecule has 0 aliphatic rings. The molecule has 0 aromatic heterocycles. The van der Waals surface area contributed by atoms with Gasteiger partial charge in [0.15, 0.2) is 5.11 Å². The topological polar surface area (TPSA) is 42.5 Å². The number of thiocarbonyl (C=S) groups is 1. The van der Waals surface area contributed by atoms with Gasteiger partial charge >= 0.3 is 0 Å². The number of ether oxygens (including phenoxy) is 2. The fraction of sp³-hybridized carbons (Fsp3) is 0.188. The quantitative estimate of drug-likeness (QED) is 0.738. The van der Waals surface area contributed by atoms with E-state index in [1.54, 1.807) is 7.11 Å². The first-order valence-electron chi connectivity index (χ1n) is 6.76. The van der Waals surface area contributed by atoms with Crippen molar-refractivity contribution >= 4 is 44.6 Å². The zero-order valence-corrected chi connectivity index (χ0v) is 14.8. The van der Waals surface area contributed by atoms with E-state index in [1.807, 2.05) is 49.4 Å². The van der Waals surface area contributed by atoms with Crippen molar-refractivity contribution in [2.24, 2.45) is 0 Å². The van der Waals surface area contributed by atoms with Crippen molar-refractivity contribution in [3.05, 3.63) is 46.9 Å². The summed E-state index contributed by atoms with van der Waals surface area (Å²) in [6.07, 6.45) is 0. The second-order valence-corrected chi connectivity index (χ2v) is 5.71. The third kappa shape index (κ3) is 4.61. The van der Waals surface area contributed by atoms with Crippen molar-refractivity contribution < 1.29 is 9.47 Å². The van der Waals surface area contributed by atoms with Crippen LogP contribution in [0.5, 0.6) is 11.5 Å². The van der Waals surface area contributed by atoms with Gasteiger partial charge in [0.2, 0.25) is 0 Å². The molecule has 0 fully saturated rings. The molecule has 4 nitrogen and oxygen atoms in total. The smallest absolute Gasteiger partial charge is 0.175 e. The average molecular weight is 381 g/mol. The number of anilines is 2. The van der Waals surface area contributed by atoms with Crippen LogP contribution in [0.3, 0.4) is 0 Å². The standard InChI is InChI=1S/C16H17BrN2O2S/c1-3-21-15-9-4-11(17)10-14(15)19-16(22)18-12-5-7-13(20-2)8-6-12/h4-10H,3H2,1-2H3,(H2,18,19,22). The highest BCUT2D eigenvalue weighted by atomic mass is 79.9. The van der Waals surface area contributed by atoms with E-state index in [2.05, 4.69) is 26.6 Å². The van der Waals surface area contributed by atoms with E-state index in [0.717, 1.165) is 27.3 Å². The fourth-order valence-corrected chi connectivity index (χ4v) is 2.43. The summed E-state index contributed by atoms with van der Waals surface area (Å²) < 4.78 is 11.7. The van der Waals surface area contributed by atoms with Gasteiger partial charge < -0.3 is 20.1 Å². The predicted molar refractivity (Wildman–Crippen MR) is 98.1 cm³/mol. The minimum Gasteiger partial charge on any atom is -0.497 e. The van der Waals surface area contributed by atoms with Crippen LogP contribution in [0.2, 0.25) is 0 Å². The van der Waals surface area contributed by atoms with E-state index in [4.69, 9.17) is 21.7 Å². The maximum Gasteiger partial charge on any atom is 0.175 e. The van der Waals surface area contributed by atoms with Crippen LogP contribution in [0, 0.1) is 0 Å². The van der Waals surface area contributed by atoms with Gasteiger partial charge in [-0.1, -0.05) is 15.9 Å². The van der Waals surface area contributed by atoms with Crippen LogP contribution in [-0.2, 0) is 0 Å². The second kappa shape index (κ2) is 8.00. The molecule has 6 heteroatoms. The lowest BCUT2D eigenvalue weighted by atomic mass is 10.3. The maximum atomic E-state index is 5.59. The molecule has 2 rings (SSSR count). The number of benzene rings is 2. The third-order valence-corrected chi connectivity index (χ3v) is 3.53. The van der Waals surface area contributed by atoms with E-state index in [-0.39, 0.29) is 0 Å². The van der Waals surface area contributed by atoms with E-state index >= 15 is 0 Å². The molecule has 2 aromatic rings. The Bertz CT molecular complexity index is 647. The van der Waals surface area contributed by atoms with Crippen molar-refractivity contribution in [3.63, 3.8) is 0 Å². The summed E-state index contributed by atoms with van der Waals surface area (Å²) >= 11 is 8.79. The Labute approximate surface area is 144 Å². The van der Waals surface area contributed by atoms with Crippen LogP contribution in [0.4, 0.5) is 11.4 Å². The van der Waals surface area contributed by atoms with Gasteiger partial charge in [-0.05, 0) is 61.6 Å². The molecule has 0 atom stereocenters. The molecule has 116 valence electrons. The second-order valence-electron chi connectivity index (χ2n) is 4.38. The van der Waals surface area contributed by atoms with Gasteiger partial charge in [0.25, 0.3) is 0 Å². The van der Waals surface area contributed by atoms with Crippen molar-refractivity contribution in [2.45, 2.75) is 6.92 Å². The number of halogens is 1. The molecule has 0 saturated heterocycles. The van der Waals surface area contributed by atoms with Gasteiger partial charge in [0.05, 0.1) is 19.4 Å². The van der Waals surface area contributed by atoms with Crippen LogP contribution in [-0.4, -0.2) is 18.8 Å². The van der Waals surface area contributed by atoms with Gasteiger partial charge in [-0.2, -0.15) is 0 Å². The van der Waals surface area contributed by atoms with Crippen molar-refractivity contribution in [2.75, 3.05) is 24.4 Å². The Kier molecular flexibility index (Phi) is 6.03. The monoisotopic (exact) mass is 380 g/mol. The minimum absolute atomic E-state index is 0.490. The SMILES string of the molecule is CCOc1ccc(Br)cc1NC(=S)Nc1ccc(OC)cc1. The van der Waals surface area contributed by atoms with E-state index in [1.165, 1.54) is 0 Å². The highest BCUT2D eigenvalue weighted by molar-refractivity contribution is 9.10. The summed E-state index contributed by atoms with van der Waals surface area (Å²) in [4.78, 5) is 0. The van der Waals surface area contributed by atoms with Crippen LogP contribution in [0.25, 0.3) is 0 Å². The molecule has 0 spiro atoms. The third-order valence-electron chi connectivity index (χ3n) is 2.84. The Morgan fingerprint density at radius 1 is 1.14 bits per heavy atom. The Balaban J connectivity index is 2.06. The van der Waals surface area contributed by atoms with Gasteiger partial charge in [0, 0.05) is 10.2 Å². The first-order valence-corrected chi connectivity index (χ1v) is 7.97. The summed E-state index contributed by atoms with van der Waals surface area (Å²) in [6.45, 7) is 2.54. The summed E-state index contributed by atoms with van der Waals surface area (Å²) in [7, 11) is 1.64. The Hall–Kier alpha value is -1.79. The summed E-state index contributed by atoms with van der Waals surface area (Å²) in [5, 5.41) is 6.76. The fourth-order valence-electron chi connectivity index (χ4n) is 1.84. The first-order chi connectivity index (χ1) is 10.6. The molecule has 0 amide bonds. The van der Waals surface area contributed by atoms with Gasteiger partial charge in [-0.15, -0.1) is 0 Å². The van der Waals surface area contributed by atoms with Crippen LogP contribution < -0.4 is 20.1 Å². The molecule has 0 bridgehead atoms. The summed E-state index contributed by atoms with van der Waals surface area (Å²) in [5.74, 6) is 1.56. The number of nitrogens with one attached hydrogen (secondary N) is 2. The molecule has 0 radical (unpaired) electrons. The van der Waals surface area contributed by atoms with E-state index < -0.39 is 0 Å². The summed E-state index contributed by atoms with van der Waals surface area (Å²) in [5.41, 5.74) is 1.69. The molecular formula is C16H17BrN2O2S. The van der Waals surface area contributed by atoms with E-state index in [0.29, 0.717) is 11.7 Å². The normalized spacial score (nSPS) is 9.95. The predicted octanol–water partition coefficient (Wildman–Crippen LogP) is 4.67. The van der Waals surface area contributed by atoms with Crippen LogP contribution in [0.1, 0.15) is 6.92 Å². The first kappa shape index (κ1) is 16.6.